The lowest BCUT2D eigenvalue weighted by atomic mass is 10.0. The number of phenolic OH excluding ortho intramolecular Hbond substituents is 3. The largest absolute Gasteiger partial charge is 0.508 e. The summed E-state index contributed by atoms with van der Waals surface area (Å²) in [4.78, 5) is 2.12. The second-order valence-electron chi connectivity index (χ2n) is 9.05. The summed E-state index contributed by atoms with van der Waals surface area (Å²) in [5.74, 6) is 2.07. The highest BCUT2D eigenvalue weighted by Gasteiger charge is 2.20. The van der Waals surface area contributed by atoms with Crippen LogP contribution in [0.5, 0.6) is 28.7 Å². The van der Waals surface area contributed by atoms with E-state index >= 15 is 0 Å². The van der Waals surface area contributed by atoms with E-state index in [0.717, 1.165) is 50.4 Å². The van der Waals surface area contributed by atoms with Crippen molar-refractivity contribution in [2.75, 3.05) is 4.90 Å². The molecule has 0 heterocycles. The maximum atomic E-state index is 10.3. The number of benzene rings is 4. The minimum Gasteiger partial charge on any atom is -0.508 e. The van der Waals surface area contributed by atoms with Crippen LogP contribution < -0.4 is 9.64 Å². The van der Waals surface area contributed by atoms with Crippen LogP contribution >= 0.6 is 0 Å². The van der Waals surface area contributed by atoms with Gasteiger partial charge < -0.3 is 25.0 Å². The third-order valence-electron chi connectivity index (χ3n) is 6.74. The summed E-state index contributed by atoms with van der Waals surface area (Å²) in [6, 6.07) is 18.5. The van der Waals surface area contributed by atoms with Crippen LogP contribution in [-0.4, -0.2) is 15.3 Å². The van der Waals surface area contributed by atoms with Crippen LogP contribution in [0.2, 0.25) is 0 Å². The molecule has 0 aliphatic heterocycles. The molecule has 3 N–H and O–H groups in total. The molecule has 0 bridgehead atoms. The molecule has 0 aromatic heterocycles. The van der Waals surface area contributed by atoms with Gasteiger partial charge in [-0.2, -0.15) is 0 Å². The number of ether oxygens (including phenoxy) is 1. The maximum Gasteiger partial charge on any atom is 0.130 e. The Morgan fingerprint density at radius 1 is 0.571 bits per heavy atom. The van der Waals surface area contributed by atoms with Crippen molar-refractivity contribution in [2.45, 2.75) is 41.5 Å². The van der Waals surface area contributed by atoms with Crippen LogP contribution in [0.15, 0.2) is 60.7 Å². The van der Waals surface area contributed by atoms with Gasteiger partial charge in [0.05, 0.1) is 0 Å². The van der Waals surface area contributed by atoms with Crippen LogP contribution in [0.1, 0.15) is 33.4 Å². The zero-order chi connectivity index (χ0) is 25.4. The Balaban J connectivity index is 1.88. The Morgan fingerprint density at radius 3 is 1.71 bits per heavy atom. The molecular weight excluding hydrogens is 438 g/mol. The number of aryl methyl sites for hydroxylation is 2. The van der Waals surface area contributed by atoms with Crippen molar-refractivity contribution in [3.63, 3.8) is 0 Å². The molecule has 0 amide bonds. The summed E-state index contributed by atoms with van der Waals surface area (Å²) in [5.41, 5.74) is 7.81. The van der Waals surface area contributed by atoms with Crippen LogP contribution in [-0.2, 0) is 0 Å². The SMILES string of the molecule is Cc1cc(Oc2cccc(N(c3ccc(O)c(C)c3C)c3ccc(O)c(C)c3C)c2)c(C)cc1O. The average molecular weight is 470 g/mol. The molecule has 0 aliphatic rings. The standard InChI is InChI=1S/C30H31NO4/c1-17-15-30(18(2)14-29(17)34)35-24-9-7-8-23(16-24)31(25-10-12-27(32)21(5)19(25)3)26-11-13-28(33)22(6)20(26)4/h7-16,32-34H,1-6H3. The van der Waals surface area contributed by atoms with Gasteiger partial charge in [0.25, 0.3) is 0 Å². The second kappa shape index (κ2) is 9.26. The molecule has 4 rings (SSSR count). The lowest BCUT2D eigenvalue weighted by molar-refractivity contribution is 0.458. The molecule has 5 nitrogen and oxygen atoms in total. The van der Waals surface area contributed by atoms with Crippen LogP contribution in [0.4, 0.5) is 17.1 Å². The van der Waals surface area contributed by atoms with Crippen molar-refractivity contribution in [1.29, 1.82) is 0 Å². The molecule has 4 aromatic rings. The lowest BCUT2D eigenvalue weighted by Crippen LogP contribution is -2.13. The number of nitrogens with zero attached hydrogens (tertiary/aromatic N) is 1. The predicted molar refractivity (Wildman–Crippen MR) is 141 cm³/mol. The van der Waals surface area contributed by atoms with E-state index < -0.39 is 0 Å². The molecule has 0 saturated carbocycles. The highest BCUT2D eigenvalue weighted by molar-refractivity contribution is 5.82. The molecular formula is C30H31NO4. The summed E-state index contributed by atoms with van der Waals surface area (Å²) in [6.07, 6.45) is 0. The average Bonchev–Trinajstić information content (AvgIpc) is 2.82. The first-order valence-corrected chi connectivity index (χ1v) is 11.5. The summed E-state index contributed by atoms with van der Waals surface area (Å²) in [6.45, 7) is 11.5. The molecule has 180 valence electrons. The van der Waals surface area contributed by atoms with Gasteiger partial charge in [-0.05, 0) is 123 Å². The van der Waals surface area contributed by atoms with E-state index in [4.69, 9.17) is 4.74 Å². The van der Waals surface area contributed by atoms with Crippen LogP contribution in [0.25, 0.3) is 0 Å². The third-order valence-corrected chi connectivity index (χ3v) is 6.74. The Labute approximate surface area is 206 Å². The van der Waals surface area contributed by atoms with Crippen molar-refractivity contribution >= 4 is 17.1 Å². The van der Waals surface area contributed by atoms with Gasteiger partial charge in [-0.25, -0.2) is 0 Å². The first-order chi connectivity index (χ1) is 16.6. The minimum atomic E-state index is 0.242. The van der Waals surface area contributed by atoms with Gasteiger partial charge in [0, 0.05) is 23.1 Å². The van der Waals surface area contributed by atoms with Gasteiger partial charge in [-0.15, -0.1) is 0 Å². The van der Waals surface area contributed by atoms with E-state index in [1.807, 2.05) is 84.0 Å². The number of hydrogen-bond acceptors (Lipinski definition) is 5. The van der Waals surface area contributed by atoms with Crippen molar-refractivity contribution in [2.24, 2.45) is 0 Å². The highest BCUT2D eigenvalue weighted by atomic mass is 16.5. The molecule has 0 spiro atoms. The molecule has 4 aromatic carbocycles. The molecule has 0 fully saturated rings. The van der Waals surface area contributed by atoms with E-state index in [-0.39, 0.29) is 17.2 Å². The van der Waals surface area contributed by atoms with Gasteiger partial charge in [0.2, 0.25) is 0 Å². The van der Waals surface area contributed by atoms with Gasteiger partial charge in [-0.3, -0.25) is 0 Å². The Bertz CT molecular complexity index is 1370. The summed E-state index contributed by atoms with van der Waals surface area (Å²) in [5, 5.41) is 30.5. The number of aromatic hydroxyl groups is 3. The Kier molecular flexibility index (Phi) is 6.35. The van der Waals surface area contributed by atoms with Crippen LogP contribution in [0, 0.1) is 41.5 Å². The number of phenols is 3. The topological polar surface area (TPSA) is 73.2 Å². The lowest BCUT2D eigenvalue weighted by Gasteiger charge is -2.30. The Morgan fingerprint density at radius 2 is 1.14 bits per heavy atom. The molecule has 0 radical (unpaired) electrons. The zero-order valence-corrected chi connectivity index (χ0v) is 21.0. The van der Waals surface area contributed by atoms with Gasteiger partial charge in [0.1, 0.15) is 28.7 Å². The number of hydrogen-bond donors (Lipinski definition) is 3. The summed E-state index contributed by atoms with van der Waals surface area (Å²) < 4.78 is 6.24. The maximum absolute atomic E-state index is 10.3. The van der Waals surface area contributed by atoms with Crippen molar-refractivity contribution in [1.82, 2.24) is 0 Å². The van der Waals surface area contributed by atoms with Crippen molar-refractivity contribution in [3.8, 4) is 28.7 Å². The second-order valence-corrected chi connectivity index (χ2v) is 9.05. The van der Waals surface area contributed by atoms with Crippen LogP contribution in [0.3, 0.4) is 0 Å². The van der Waals surface area contributed by atoms with Crippen molar-refractivity contribution < 1.29 is 20.1 Å². The normalized spacial score (nSPS) is 10.9. The molecule has 35 heavy (non-hydrogen) atoms. The van der Waals surface area contributed by atoms with E-state index in [0.29, 0.717) is 11.5 Å². The molecule has 0 unspecified atom stereocenters. The monoisotopic (exact) mass is 469 g/mol. The zero-order valence-electron chi connectivity index (χ0n) is 21.0. The fourth-order valence-electron chi connectivity index (χ4n) is 4.17. The smallest absolute Gasteiger partial charge is 0.130 e. The van der Waals surface area contributed by atoms with Gasteiger partial charge >= 0.3 is 0 Å². The van der Waals surface area contributed by atoms with E-state index in [2.05, 4.69) is 4.90 Å². The van der Waals surface area contributed by atoms with Crippen molar-refractivity contribution in [3.05, 3.63) is 94.0 Å². The first kappa shape index (κ1) is 24.0. The Hall–Kier alpha value is -4.12. The number of anilines is 3. The molecule has 5 heteroatoms. The fourth-order valence-corrected chi connectivity index (χ4v) is 4.17. The molecule has 0 atom stereocenters. The van der Waals surface area contributed by atoms with E-state index in [1.54, 1.807) is 18.2 Å². The molecule has 0 saturated heterocycles. The molecule has 0 aliphatic carbocycles. The number of rotatable bonds is 5. The van der Waals surface area contributed by atoms with Gasteiger partial charge in [0.15, 0.2) is 0 Å². The quantitative estimate of drug-likeness (QED) is 0.277. The first-order valence-electron chi connectivity index (χ1n) is 11.5. The summed E-state index contributed by atoms with van der Waals surface area (Å²) >= 11 is 0. The fraction of sp³-hybridized carbons (Fsp3) is 0.200. The third kappa shape index (κ3) is 4.50. The van der Waals surface area contributed by atoms with E-state index in [1.165, 1.54) is 0 Å². The van der Waals surface area contributed by atoms with Gasteiger partial charge in [-0.1, -0.05) is 6.07 Å². The predicted octanol–water partition coefficient (Wildman–Crippen LogP) is 7.92. The highest BCUT2D eigenvalue weighted by Crippen LogP contribution is 2.43. The summed E-state index contributed by atoms with van der Waals surface area (Å²) in [7, 11) is 0. The minimum absolute atomic E-state index is 0.242. The van der Waals surface area contributed by atoms with E-state index in [9.17, 15) is 15.3 Å².